The summed E-state index contributed by atoms with van der Waals surface area (Å²) in [4.78, 5) is 11.2. The second kappa shape index (κ2) is 9.32. The maximum Gasteiger partial charge on any atom is 0.237 e. The quantitative estimate of drug-likeness (QED) is 0.701. The standard InChI is InChI=1S/C22H30FN3O2/c1-22(2,3)28-21-19(24-11-12-25-21)16-26-13-8-17(9-14-26)10-15-27-20-7-5-4-6-18(20)23/h4-7,11-12,17H,8-10,13-16H2,1-3H3. The monoisotopic (exact) mass is 387 g/mol. The third kappa shape index (κ3) is 6.16. The summed E-state index contributed by atoms with van der Waals surface area (Å²) in [6.45, 7) is 9.36. The lowest BCUT2D eigenvalue weighted by Gasteiger charge is -2.32. The van der Waals surface area contributed by atoms with E-state index in [2.05, 4.69) is 14.9 Å². The Labute approximate surface area is 166 Å². The third-order valence-corrected chi connectivity index (χ3v) is 4.84. The first-order chi connectivity index (χ1) is 13.4. The van der Waals surface area contributed by atoms with Crippen molar-refractivity contribution in [1.29, 1.82) is 0 Å². The van der Waals surface area contributed by atoms with Gasteiger partial charge in [-0.25, -0.2) is 9.37 Å². The number of hydrogen-bond acceptors (Lipinski definition) is 5. The molecule has 6 heteroatoms. The molecule has 28 heavy (non-hydrogen) atoms. The topological polar surface area (TPSA) is 47.5 Å². The van der Waals surface area contributed by atoms with Crippen molar-refractivity contribution in [3.63, 3.8) is 0 Å². The van der Waals surface area contributed by atoms with E-state index in [0.717, 1.165) is 44.6 Å². The number of halogens is 1. The molecule has 0 N–H and O–H groups in total. The number of likely N-dealkylation sites (tertiary alicyclic amines) is 1. The maximum atomic E-state index is 13.6. The summed E-state index contributed by atoms with van der Waals surface area (Å²) in [5, 5.41) is 0. The smallest absolute Gasteiger partial charge is 0.237 e. The van der Waals surface area contributed by atoms with E-state index in [1.807, 2.05) is 20.8 Å². The average molecular weight is 387 g/mol. The van der Waals surface area contributed by atoms with Crippen molar-refractivity contribution in [3.05, 3.63) is 48.2 Å². The summed E-state index contributed by atoms with van der Waals surface area (Å²) in [6.07, 6.45) is 6.56. The predicted octanol–water partition coefficient (Wildman–Crippen LogP) is 4.47. The van der Waals surface area contributed by atoms with Gasteiger partial charge in [-0.1, -0.05) is 12.1 Å². The summed E-state index contributed by atoms with van der Waals surface area (Å²) >= 11 is 0. The Morgan fingerprint density at radius 2 is 1.82 bits per heavy atom. The molecule has 1 aliphatic rings. The number of aromatic nitrogens is 2. The summed E-state index contributed by atoms with van der Waals surface area (Å²) in [5.74, 6) is 1.27. The van der Waals surface area contributed by atoms with Crippen LogP contribution in [0.3, 0.4) is 0 Å². The molecule has 1 saturated heterocycles. The Bertz CT molecular complexity index is 755. The van der Waals surface area contributed by atoms with Gasteiger partial charge in [0.2, 0.25) is 5.88 Å². The lowest BCUT2D eigenvalue weighted by Crippen LogP contribution is -2.34. The van der Waals surface area contributed by atoms with E-state index in [1.165, 1.54) is 6.07 Å². The minimum Gasteiger partial charge on any atom is -0.491 e. The molecule has 152 valence electrons. The highest BCUT2D eigenvalue weighted by atomic mass is 19.1. The molecule has 2 heterocycles. The van der Waals surface area contributed by atoms with Crippen LogP contribution in [0.1, 0.15) is 45.7 Å². The van der Waals surface area contributed by atoms with Crippen molar-refractivity contribution >= 4 is 0 Å². The predicted molar refractivity (Wildman–Crippen MR) is 107 cm³/mol. The van der Waals surface area contributed by atoms with Gasteiger partial charge in [0.1, 0.15) is 11.3 Å². The molecule has 0 amide bonds. The molecule has 0 spiro atoms. The Morgan fingerprint density at radius 1 is 1.11 bits per heavy atom. The van der Waals surface area contributed by atoms with Crippen LogP contribution < -0.4 is 9.47 Å². The van der Waals surface area contributed by atoms with E-state index in [9.17, 15) is 4.39 Å². The zero-order valence-electron chi connectivity index (χ0n) is 17.0. The lowest BCUT2D eigenvalue weighted by molar-refractivity contribution is 0.115. The molecular formula is C22H30FN3O2. The molecule has 0 aliphatic carbocycles. The van der Waals surface area contributed by atoms with Crippen LogP contribution in [0.4, 0.5) is 4.39 Å². The van der Waals surface area contributed by atoms with Crippen LogP contribution in [0.2, 0.25) is 0 Å². The number of nitrogens with zero attached hydrogens (tertiary/aromatic N) is 3. The molecule has 1 fully saturated rings. The van der Waals surface area contributed by atoms with E-state index >= 15 is 0 Å². The van der Waals surface area contributed by atoms with E-state index < -0.39 is 0 Å². The SMILES string of the molecule is CC(C)(C)Oc1nccnc1CN1CCC(CCOc2ccccc2F)CC1. The van der Waals surface area contributed by atoms with Gasteiger partial charge in [0.25, 0.3) is 0 Å². The van der Waals surface area contributed by atoms with E-state index in [1.54, 1.807) is 30.6 Å². The van der Waals surface area contributed by atoms with Gasteiger partial charge in [-0.05, 0) is 71.2 Å². The van der Waals surface area contributed by atoms with Crippen LogP contribution in [0.5, 0.6) is 11.6 Å². The first kappa shape index (κ1) is 20.5. The largest absolute Gasteiger partial charge is 0.491 e. The van der Waals surface area contributed by atoms with Crippen LogP contribution in [0.15, 0.2) is 36.7 Å². The summed E-state index contributed by atoms with van der Waals surface area (Å²) in [5.41, 5.74) is 0.592. The average Bonchev–Trinajstić information content (AvgIpc) is 2.65. The number of ether oxygens (including phenoxy) is 2. The normalized spacial score (nSPS) is 16.1. The first-order valence-electron chi connectivity index (χ1n) is 9.99. The van der Waals surface area contributed by atoms with Gasteiger partial charge in [-0.2, -0.15) is 0 Å². The van der Waals surface area contributed by atoms with Crippen LogP contribution in [-0.4, -0.2) is 40.2 Å². The van der Waals surface area contributed by atoms with Gasteiger partial charge < -0.3 is 9.47 Å². The van der Waals surface area contributed by atoms with Gasteiger partial charge in [-0.15, -0.1) is 0 Å². The highest BCUT2D eigenvalue weighted by Gasteiger charge is 2.22. The lowest BCUT2D eigenvalue weighted by atomic mass is 9.94. The van der Waals surface area contributed by atoms with Crippen molar-refractivity contribution in [1.82, 2.24) is 14.9 Å². The van der Waals surface area contributed by atoms with E-state index in [4.69, 9.17) is 9.47 Å². The third-order valence-electron chi connectivity index (χ3n) is 4.84. The fraction of sp³-hybridized carbons (Fsp3) is 0.545. The van der Waals surface area contributed by atoms with Crippen molar-refractivity contribution in [3.8, 4) is 11.6 Å². The van der Waals surface area contributed by atoms with Crippen molar-refractivity contribution < 1.29 is 13.9 Å². The zero-order valence-corrected chi connectivity index (χ0v) is 17.0. The van der Waals surface area contributed by atoms with Gasteiger partial charge in [0, 0.05) is 18.9 Å². The van der Waals surface area contributed by atoms with Gasteiger partial charge in [0.05, 0.1) is 6.61 Å². The molecule has 0 saturated carbocycles. The number of rotatable bonds is 7. The zero-order chi connectivity index (χ0) is 20.0. The molecule has 2 aromatic rings. The summed E-state index contributed by atoms with van der Waals surface area (Å²) in [7, 11) is 0. The van der Waals surface area contributed by atoms with Crippen molar-refractivity contribution in [2.45, 2.75) is 52.2 Å². The minimum absolute atomic E-state index is 0.296. The molecule has 0 bridgehead atoms. The van der Waals surface area contributed by atoms with Crippen LogP contribution >= 0.6 is 0 Å². The molecule has 1 aromatic carbocycles. The molecule has 1 aromatic heterocycles. The Morgan fingerprint density at radius 3 is 2.54 bits per heavy atom. The Kier molecular flexibility index (Phi) is 6.83. The molecule has 0 radical (unpaired) electrons. The maximum absolute atomic E-state index is 13.6. The number of benzene rings is 1. The van der Waals surface area contributed by atoms with Crippen LogP contribution in [0, 0.1) is 11.7 Å². The second-order valence-corrected chi connectivity index (χ2v) is 8.31. The van der Waals surface area contributed by atoms with E-state index in [0.29, 0.717) is 24.2 Å². The molecule has 1 aliphatic heterocycles. The fourth-order valence-corrected chi connectivity index (χ4v) is 3.38. The van der Waals surface area contributed by atoms with Crippen LogP contribution in [-0.2, 0) is 6.54 Å². The first-order valence-corrected chi connectivity index (χ1v) is 9.99. The molecule has 0 atom stereocenters. The van der Waals surface area contributed by atoms with Crippen molar-refractivity contribution in [2.75, 3.05) is 19.7 Å². The second-order valence-electron chi connectivity index (χ2n) is 8.31. The van der Waals surface area contributed by atoms with Gasteiger partial charge in [0.15, 0.2) is 11.6 Å². The van der Waals surface area contributed by atoms with Crippen LogP contribution in [0.25, 0.3) is 0 Å². The Balaban J connectivity index is 1.44. The summed E-state index contributed by atoms with van der Waals surface area (Å²) < 4.78 is 25.1. The van der Waals surface area contributed by atoms with Crippen molar-refractivity contribution in [2.24, 2.45) is 5.92 Å². The molecule has 0 unspecified atom stereocenters. The number of para-hydroxylation sites is 1. The molecular weight excluding hydrogens is 357 g/mol. The van der Waals surface area contributed by atoms with E-state index in [-0.39, 0.29) is 11.4 Å². The highest BCUT2D eigenvalue weighted by Crippen LogP contribution is 2.25. The molecule has 5 nitrogen and oxygen atoms in total. The molecule has 3 rings (SSSR count). The highest BCUT2D eigenvalue weighted by molar-refractivity contribution is 5.23. The number of hydrogen-bond donors (Lipinski definition) is 0. The summed E-state index contributed by atoms with van der Waals surface area (Å²) in [6, 6.07) is 6.57. The van der Waals surface area contributed by atoms with Gasteiger partial charge >= 0.3 is 0 Å². The van der Waals surface area contributed by atoms with Gasteiger partial charge in [-0.3, -0.25) is 9.88 Å². The number of piperidine rings is 1. The Hall–Kier alpha value is -2.21. The fourth-order valence-electron chi connectivity index (χ4n) is 3.38. The minimum atomic E-state index is -0.297.